The summed E-state index contributed by atoms with van der Waals surface area (Å²) in [5.41, 5.74) is 0.518. The molecule has 0 radical (unpaired) electrons. The average Bonchev–Trinajstić information content (AvgIpc) is 3.17. The Labute approximate surface area is 187 Å². The number of fused-ring (bicyclic) bond motifs is 1. The molecule has 4 rings (SSSR count). The minimum absolute atomic E-state index is 0.212. The molecular weight excluding hydrogens is 437 g/mol. The van der Waals surface area contributed by atoms with E-state index < -0.39 is 10.8 Å². The molecule has 1 aromatic heterocycles. The van der Waals surface area contributed by atoms with Crippen molar-refractivity contribution in [2.75, 3.05) is 15.5 Å². The van der Waals surface area contributed by atoms with Crippen LogP contribution in [-0.4, -0.2) is 32.8 Å². The van der Waals surface area contributed by atoms with Gasteiger partial charge in [-0.1, -0.05) is 47.4 Å². The predicted molar refractivity (Wildman–Crippen MR) is 122 cm³/mol. The van der Waals surface area contributed by atoms with E-state index in [0.29, 0.717) is 26.5 Å². The van der Waals surface area contributed by atoms with E-state index in [2.05, 4.69) is 20.8 Å². The van der Waals surface area contributed by atoms with Crippen molar-refractivity contribution < 1.29 is 14.0 Å². The van der Waals surface area contributed by atoms with Gasteiger partial charge in [0.25, 0.3) is 0 Å². The number of thioether (sulfide) groups is 1. The minimum atomic E-state index is -1.04. The van der Waals surface area contributed by atoms with Crippen LogP contribution >= 0.6 is 23.1 Å². The number of nitrogens with zero attached hydrogens (tertiary/aromatic N) is 3. The zero-order valence-corrected chi connectivity index (χ0v) is 18.7. The molecule has 1 atom stereocenters. The van der Waals surface area contributed by atoms with Crippen molar-refractivity contribution >= 4 is 57.1 Å². The fraction of sp³-hybridized carbons (Fsp3) is 0.238. The second-order valence-corrected chi connectivity index (χ2v) is 10.0. The van der Waals surface area contributed by atoms with Crippen molar-refractivity contribution in [1.82, 2.24) is 10.2 Å². The first-order valence-corrected chi connectivity index (χ1v) is 11.2. The Kier molecular flexibility index (Phi) is 5.67. The summed E-state index contributed by atoms with van der Waals surface area (Å²) in [6.45, 7) is 5.20. The highest BCUT2D eigenvalue weighted by Gasteiger charge is 2.44. The zero-order valence-electron chi connectivity index (χ0n) is 17.0. The minimum Gasteiger partial charge on any atom is -0.328 e. The van der Waals surface area contributed by atoms with Gasteiger partial charge < -0.3 is 10.6 Å². The third-order valence-electron chi connectivity index (χ3n) is 4.88. The number of carbonyl (C=O) groups excluding carboxylic acids is 2. The highest BCUT2D eigenvalue weighted by molar-refractivity contribution is 8.02. The molecule has 2 amide bonds. The van der Waals surface area contributed by atoms with Crippen LogP contribution in [0.2, 0.25) is 0 Å². The Morgan fingerprint density at radius 3 is 2.68 bits per heavy atom. The first kappa shape index (κ1) is 21.3. The van der Waals surface area contributed by atoms with E-state index in [-0.39, 0.29) is 17.6 Å². The quantitative estimate of drug-likeness (QED) is 0.542. The van der Waals surface area contributed by atoms with Gasteiger partial charge in [-0.05, 0) is 45.0 Å². The molecule has 1 aliphatic heterocycles. The summed E-state index contributed by atoms with van der Waals surface area (Å²) in [7, 11) is 0. The smallest absolute Gasteiger partial charge is 0.250 e. The van der Waals surface area contributed by atoms with Crippen molar-refractivity contribution in [2.24, 2.45) is 0 Å². The molecule has 31 heavy (non-hydrogen) atoms. The Balaban J connectivity index is 1.52. The summed E-state index contributed by atoms with van der Waals surface area (Å²) in [5.74, 6) is -0.847. The largest absolute Gasteiger partial charge is 0.328 e. The number of benzene rings is 2. The fourth-order valence-corrected chi connectivity index (χ4v) is 5.16. The first-order chi connectivity index (χ1) is 14.8. The highest BCUT2D eigenvalue weighted by Crippen LogP contribution is 2.39. The van der Waals surface area contributed by atoms with Crippen LogP contribution < -0.4 is 15.5 Å². The van der Waals surface area contributed by atoms with Crippen LogP contribution in [0, 0.1) is 5.82 Å². The van der Waals surface area contributed by atoms with Crippen LogP contribution in [-0.2, 0) is 9.59 Å². The van der Waals surface area contributed by atoms with Crippen molar-refractivity contribution in [3.05, 3.63) is 54.3 Å². The molecule has 2 heterocycles. The molecule has 2 N–H and O–H groups in total. The van der Waals surface area contributed by atoms with E-state index in [1.807, 2.05) is 18.2 Å². The lowest BCUT2D eigenvalue weighted by atomic mass is 9.96. The lowest BCUT2D eigenvalue weighted by Gasteiger charge is -2.42. The Morgan fingerprint density at radius 2 is 1.90 bits per heavy atom. The lowest BCUT2D eigenvalue weighted by molar-refractivity contribution is -0.126. The van der Waals surface area contributed by atoms with Crippen LogP contribution in [0.4, 0.5) is 26.6 Å². The topological polar surface area (TPSA) is 87.2 Å². The van der Waals surface area contributed by atoms with Gasteiger partial charge in [-0.3, -0.25) is 14.5 Å². The van der Waals surface area contributed by atoms with E-state index >= 15 is 0 Å². The molecule has 3 aromatic rings. The van der Waals surface area contributed by atoms with Gasteiger partial charge in [0.05, 0.1) is 22.3 Å². The molecular formula is C21H20FN5O2S2. The molecule has 0 saturated carbocycles. The number of halogens is 1. The maximum atomic E-state index is 13.8. The van der Waals surface area contributed by atoms with Crippen LogP contribution in [0.3, 0.4) is 0 Å². The number of para-hydroxylation sites is 3. The number of anilines is 4. The highest BCUT2D eigenvalue weighted by atomic mass is 32.2. The molecule has 0 spiro atoms. The lowest BCUT2D eigenvalue weighted by Crippen LogP contribution is -2.60. The summed E-state index contributed by atoms with van der Waals surface area (Å²) in [6, 6.07) is 13.5. The van der Waals surface area contributed by atoms with Gasteiger partial charge in [-0.2, -0.15) is 0 Å². The molecule has 0 fully saturated rings. The second-order valence-electron chi connectivity index (χ2n) is 7.44. The van der Waals surface area contributed by atoms with E-state index in [0.717, 1.165) is 0 Å². The SMILES string of the molecule is C[C@@H](Sc1nnc(Nc2ccccc2F)s1)C(=O)N1c2ccccc2NC(=O)C1(C)C. The normalized spacial score (nSPS) is 15.7. The second kappa shape index (κ2) is 8.27. The molecule has 0 bridgehead atoms. The van der Waals surface area contributed by atoms with Crippen molar-refractivity contribution in [1.29, 1.82) is 0 Å². The van der Waals surface area contributed by atoms with Crippen LogP contribution in [0.1, 0.15) is 20.8 Å². The number of aromatic nitrogens is 2. The number of amides is 2. The molecule has 0 aliphatic carbocycles. The summed E-state index contributed by atoms with van der Waals surface area (Å²) in [6.07, 6.45) is 0. The monoisotopic (exact) mass is 457 g/mol. The van der Waals surface area contributed by atoms with Crippen LogP contribution in [0.25, 0.3) is 0 Å². The van der Waals surface area contributed by atoms with Gasteiger partial charge in [-0.25, -0.2) is 4.39 Å². The van der Waals surface area contributed by atoms with Gasteiger partial charge in [0, 0.05) is 0 Å². The fourth-order valence-electron chi connectivity index (χ4n) is 3.22. The molecule has 1 aliphatic rings. The van der Waals surface area contributed by atoms with Crippen LogP contribution in [0.15, 0.2) is 52.9 Å². The number of rotatable bonds is 5. The van der Waals surface area contributed by atoms with E-state index in [1.165, 1.54) is 29.2 Å². The summed E-state index contributed by atoms with van der Waals surface area (Å²) >= 11 is 2.47. The molecule has 0 unspecified atom stereocenters. The van der Waals surface area contributed by atoms with Crippen molar-refractivity contribution in [3.8, 4) is 0 Å². The third kappa shape index (κ3) is 4.13. The van der Waals surface area contributed by atoms with E-state index in [1.54, 1.807) is 49.9 Å². The predicted octanol–water partition coefficient (Wildman–Crippen LogP) is 4.67. The Hall–Kier alpha value is -2.98. The average molecular weight is 458 g/mol. The van der Waals surface area contributed by atoms with Gasteiger partial charge in [0.2, 0.25) is 16.9 Å². The van der Waals surface area contributed by atoms with Crippen LogP contribution in [0.5, 0.6) is 0 Å². The summed E-state index contributed by atoms with van der Waals surface area (Å²) < 4.78 is 14.4. The maximum Gasteiger partial charge on any atom is 0.250 e. The first-order valence-electron chi connectivity index (χ1n) is 9.53. The van der Waals surface area contributed by atoms with Gasteiger partial charge in [0.1, 0.15) is 11.4 Å². The maximum absolute atomic E-state index is 13.8. The standard InChI is InChI=1S/C21H20FN5O2S2/c1-12(30-20-26-25-19(31-20)24-14-9-5-4-8-13(14)22)17(28)27-16-11-7-6-10-15(16)23-18(29)21(27,2)3/h4-12H,1-3H3,(H,23,29)(H,24,25)/t12-/m1/s1. The molecule has 7 nitrogen and oxygen atoms in total. The van der Waals surface area contributed by atoms with Crippen molar-refractivity contribution in [2.45, 2.75) is 35.9 Å². The Morgan fingerprint density at radius 1 is 1.19 bits per heavy atom. The molecule has 160 valence electrons. The van der Waals surface area contributed by atoms with Crippen molar-refractivity contribution in [3.63, 3.8) is 0 Å². The Bertz CT molecular complexity index is 1150. The van der Waals surface area contributed by atoms with E-state index in [4.69, 9.17) is 0 Å². The number of carbonyl (C=O) groups is 2. The number of hydrogen-bond donors (Lipinski definition) is 2. The third-order valence-corrected chi connectivity index (χ3v) is 6.89. The molecule has 0 saturated heterocycles. The van der Waals surface area contributed by atoms with Gasteiger partial charge in [0.15, 0.2) is 4.34 Å². The molecule has 2 aromatic carbocycles. The molecule has 10 heteroatoms. The van der Waals surface area contributed by atoms with Gasteiger partial charge >= 0.3 is 0 Å². The van der Waals surface area contributed by atoms with E-state index in [9.17, 15) is 14.0 Å². The van der Waals surface area contributed by atoms with Gasteiger partial charge in [-0.15, -0.1) is 10.2 Å². The number of nitrogens with one attached hydrogen (secondary N) is 2. The summed E-state index contributed by atoms with van der Waals surface area (Å²) in [5, 5.41) is 13.8. The zero-order chi connectivity index (χ0) is 22.2. The number of hydrogen-bond acceptors (Lipinski definition) is 7. The summed E-state index contributed by atoms with van der Waals surface area (Å²) in [4.78, 5) is 27.5.